The van der Waals surface area contributed by atoms with Crippen LogP contribution >= 0.6 is 35.7 Å². The summed E-state index contributed by atoms with van der Waals surface area (Å²) in [5.41, 5.74) is 2.20. The summed E-state index contributed by atoms with van der Waals surface area (Å²) in [5, 5.41) is 9.53. The fraction of sp³-hybridized carbons (Fsp3) is 0.286. The molecule has 0 saturated carbocycles. The van der Waals surface area contributed by atoms with Crippen LogP contribution in [0.2, 0.25) is 0 Å². The normalized spacial score (nSPS) is 16.6. The Kier molecular flexibility index (Phi) is 7.21. The van der Waals surface area contributed by atoms with Gasteiger partial charge in [-0.25, -0.2) is 4.79 Å². The molecule has 29 heavy (non-hydrogen) atoms. The van der Waals surface area contributed by atoms with E-state index >= 15 is 0 Å². The molecule has 1 aromatic carbocycles. The highest BCUT2D eigenvalue weighted by atomic mass is 32.2. The van der Waals surface area contributed by atoms with E-state index in [4.69, 9.17) is 16.6 Å². The molecule has 0 bridgehead atoms. The SMILES string of the molecule is CCc1ccc(-c2ccc(/C=C3\SC(=S)N(C(CCSC)C(=O)O)C3=O)o2)cc1. The van der Waals surface area contributed by atoms with E-state index in [-0.39, 0.29) is 4.32 Å². The van der Waals surface area contributed by atoms with Crippen LogP contribution in [0.15, 0.2) is 45.7 Å². The molecule has 8 heteroatoms. The van der Waals surface area contributed by atoms with Gasteiger partial charge >= 0.3 is 5.97 Å². The molecule has 0 radical (unpaired) electrons. The number of carbonyl (C=O) groups is 2. The van der Waals surface area contributed by atoms with Gasteiger partial charge in [0.2, 0.25) is 0 Å². The Hall–Kier alpha value is -2.03. The number of nitrogens with zero attached hydrogens (tertiary/aromatic N) is 1. The van der Waals surface area contributed by atoms with E-state index in [2.05, 4.69) is 19.1 Å². The highest BCUT2D eigenvalue weighted by Gasteiger charge is 2.40. The van der Waals surface area contributed by atoms with E-state index in [1.807, 2.05) is 24.5 Å². The Morgan fingerprint density at radius 2 is 2.03 bits per heavy atom. The first-order valence-electron chi connectivity index (χ1n) is 9.12. The molecule has 1 aliphatic heterocycles. The van der Waals surface area contributed by atoms with Crippen molar-refractivity contribution >= 4 is 58.0 Å². The minimum Gasteiger partial charge on any atom is -0.480 e. The third-order valence-electron chi connectivity index (χ3n) is 4.56. The number of aliphatic carboxylic acids is 1. The quantitative estimate of drug-likeness (QED) is 0.455. The highest BCUT2D eigenvalue weighted by Crippen LogP contribution is 2.35. The second-order valence-electron chi connectivity index (χ2n) is 6.44. The van der Waals surface area contributed by atoms with E-state index in [1.54, 1.807) is 12.1 Å². The van der Waals surface area contributed by atoms with Gasteiger partial charge in [0.1, 0.15) is 21.9 Å². The van der Waals surface area contributed by atoms with E-state index in [0.29, 0.717) is 28.6 Å². The molecule has 1 atom stereocenters. The zero-order valence-electron chi connectivity index (χ0n) is 16.1. The first-order chi connectivity index (χ1) is 13.9. The average molecular weight is 448 g/mol. The molecular weight excluding hydrogens is 426 g/mol. The summed E-state index contributed by atoms with van der Waals surface area (Å²) < 4.78 is 6.13. The van der Waals surface area contributed by atoms with Gasteiger partial charge in [-0.2, -0.15) is 11.8 Å². The molecule has 1 unspecified atom stereocenters. The van der Waals surface area contributed by atoms with Gasteiger partial charge in [-0.05, 0) is 42.5 Å². The largest absolute Gasteiger partial charge is 0.480 e. The van der Waals surface area contributed by atoms with Gasteiger partial charge in [0.15, 0.2) is 0 Å². The van der Waals surface area contributed by atoms with Crippen LogP contribution in [0.3, 0.4) is 0 Å². The van der Waals surface area contributed by atoms with Crippen LogP contribution in [-0.4, -0.2) is 44.3 Å². The summed E-state index contributed by atoms with van der Waals surface area (Å²) in [5.74, 6) is 0.422. The molecule has 0 spiro atoms. The monoisotopic (exact) mass is 447 g/mol. The van der Waals surface area contributed by atoms with Gasteiger partial charge in [-0.1, -0.05) is 55.2 Å². The lowest BCUT2D eigenvalue weighted by Gasteiger charge is -2.22. The van der Waals surface area contributed by atoms with Crippen LogP contribution in [-0.2, 0) is 16.0 Å². The summed E-state index contributed by atoms with van der Waals surface area (Å²) in [6, 6.07) is 10.8. The molecule has 1 saturated heterocycles. The molecule has 2 aromatic rings. The lowest BCUT2D eigenvalue weighted by Crippen LogP contribution is -2.44. The van der Waals surface area contributed by atoms with Crippen LogP contribution in [0, 0.1) is 0 Å². The number of benzene rings is 1. The summed E-state index contributed by atoms with van der Waals surface area (Å²) in [6.07, 6.45) is 4.83. The number of thioether (sulfide) groups is 2. The van der Waals surface area contributed by atoms with Crippen molar-refractivity contribution in [3.63, 3.8) is 0 Å². The number of aryl methyl sites for hydroxylation is 1. The molecule has 1 aliphatic rings. The Morgan fingerprint density at radius 3 is 2.66 bits per heavy atom. The number of furan rings is 1. The Bertz CT molecular complexity index is 949. The zero-order chi connectivity index (χ0) is 21.0. The molecule has 1 amide bonds. The average Bonchev–Trinajstić information content (AvgIpc) is 3.28. The van der Waals surface area contributed by atoms with Gasteiger partial charge in [0.05, 0.1) is 4.91 Å². The van der Waals surface area contributed by atoms with E-state index in [0.717, 1.165) is 23.7 Å². The minimum absolute atomic E-state index is 0.261. The molecule has 1 aromatic heterocycles. The highest BCUT2D eigenvalue weighted by molar-refractivity contribution is 8.26. The first kappa shape index (κ1) is 21.7. The fourth-order valence-corrected chi connectivity index (χ4v) is 4.76. The van der Waals surface area contributed by atoms with E-state index in [1.165, 1.54) is 22.2 Å². The first-order valence-corrected chi connectivity index (χ1v) is 11.7. The fourth-order valence-electron chi connectivity index (χ4n) is 2.96. The van der Waals surface area contributed by atoms with Crippen LogP contribution in [0.4, 0.5) is 0 Å². The van der Waals surface area contributed by atoms with Crippen LogP contribution in [0.25, 0.3) is 17.4 Å². The van der Waals surface area contributed by atoms with Gasteiger partial charge in [-0.15, -0.1) is 0 Å². The van der Waals surface area contributed by atoms with Crippen LogP contribution in [0.1, 0.15) is 24.7 Å². The maximum atomic E-state index is 12.8. The summed E-state index contributed by atoms with van der Waals surface area (Å²) in [6.45, 7) is 2.10. The van der Waals surface area contributed by atoms with Crippen molar-refractivity contribution in [2.24, 2.45) is 0 Å². The second-order valence-corrected chi connectivity index (χ2v) is 9.10. The number of hydrogen-bond acceptors (Lipinski definition) is 6. The maximum absolute atomic E-state index is 12.8. The van der Waals surface area contributed by atoms with Crippen LogP contribution < -0.4 is 0 Å². The van der Waals surface area contributed by atoms with Crippen molar-refractivity contribution in [3.05, 3.63) is 52.6 Å². The smallest absolute Gasteiger partial charge is 0.326 e. The molecule has 3 rings (SSSR count). The number of carbonyl (C=O) groups excluding carboxylic acids is 1. The van der Waals surface area contributed by atoms with E-state index < -0.39 is 17.9 Å². The molecule has 1 fully saturated rings. The Morgan fingerprint density at radius 1 is 1.31 bits per heavy atom. The van der Waals surface area contributed by atoms with Crippen LogP contribution in [0.5, 0.6) is 0 Å². The van der Waals surface area contributed by atoms with Gasteiger partial charge in [0.25, 0.3) is 5.91 Å². The second kappa shape index (κ2) is 9.65. The third kappa shape index (κ3) is 4.94. The number of hydrogen-bond donors (Lipinski definition) is 1. The van der Waals surface area contributed by atoms with Crippen molar-refractivity contribution in [3.8, 4) is 11.3 Å². The van der Waals surface area contributed by atoms with Crippen molar-refractivity contribution in [2.75, 3.05) is 12.0 Å². The third-order valence-corrected chi connectivity index (χ3v) is 6.54. The maximum Gasteiger partial charge on any atom is 0.326 e. The van der Waals surface area contributed by atoms with Crippen molar-refractivity contribution in [1.29, 1.82) is 0 Å². The van der Waals surface area contributed by atoms with E-state index in [9.17, 15) is 14.7 Å². The lowest BCUT2D eigenvalue weighted by molar-refractivity contribution is -0.145. The predicted octanol–water partition coefficient (Wildman–Crippen LogP) is 4.92. The number of rotatable bonds is 8. The summed E-state index contributed by atoms with van der Waals surface area (Å²) in [7, 11) is 0. The summed E-state index contributed by atoms with van der Waals surface area (Å²) >= 11 is 7.93. The van der Waals surface area contributed by atoms with Crippen molar-refractivity contribution < 1.29 is 19.1 Å². The molecular formula is C21H21NO4S3. The molecule has 1 N–H and O–H groups in total. The molecule has 5 nitrogen and oxygen atoms in total. The molecule has 0 aliphatic carbocycles. The number of carboxylic acids is 1. The van der Waals surface area contributed by atoms with Gasteiger partial charge < -0.3 is 9.52 Å². The zero-order valence-corrected chi connectivity index (χ0v) is 18.5. The summed E-state index contributed by atoms with van der Waals surface area (Å²) in [4.78, 5) is 26.0. The minimum atomic E-state index is -1.05. The number of amides is 1. The van der Waals surface area contributed by atoms with Gasteiger partial charge in [0, 0.05) is 11.6 Å². The van der Waals surface area contributed by atoms with Crippen molar-refractivity contribution in [2.45, 2.75) is 25.8 Å². The number of thiocarbonyl (C=S) groups is 1. The number of carboxylic acid groups (broad SMARTS) is 1. The molecule has 152 valence electrons. The predicted molar refractivity (Wildman–Crippen MR) is 123 cm³/mol. The molecule has 2 heterocycles. The standard InChI is InChI=1S/C21H21NO4S3/c1-3-13-4-6-14(7-5-13)17-9-8-15(26-17)12-18-19(23)22(21(27)29-18)16(20(24)25)10-11-28-2/h4-9,12,16H,3,10-11H2,1-2H3,(H,24,25)/b18-12-. The Labute approximate surface area is 183 Å². The van der Waals surface area contributed by atoms with Gasteiger partial charge in [-0.3, -0.25) is 9.69 Å². The topological polar surface area (TPSA) is 70.8 Å². The Balaban J connectivity index is 1.80. The van der Waals surface area contributed by atoms with Crippen molar-refractivity contribution in [1.82, 2.24) is 4.90 Å². The lowest BCUT2D eigenvalue weighted by atomic mass is 10.1.